The Labute approximate surface area is 128 Å². The van der Waals surface area contributed by atoms with E-state index in [1.54, 1.807) is 25.5 Å². The summed E-state index contributed by atoms with van der Waals surface area (Å²) in [6.07, 6.45) is 4.24. The molecule has 0 bridgehead atoms. The number of aliphatic hydroxyl groups excluding tert-OH is 1. The number of ether oxygens (including phenoxy) is 1. The van der Waals surface area contributed by atoms with Crippen LogP contribution < -0.4 is 0 Å². The van der Waals surface area contributed by atoms with Crippen LogP contribution in [0.3, 0.4) is 0 Å². The smallest absolute Gasteiger partial charge is 0.255 e. The fourth-order valence-corrected chi connectivity index (χ4v) is 2.49. The van der Waals surface area contributed by atoms with Gasteiger partial charge in [-0.05, 0) is 18.2 Å². The zero-order valence-electron chi connectivity index (χ0n) is 12.2. The van der Waals surface area contributed by atoms with Gasteiger partial charge in [-0.25, -0.2) is 0 Å². The first kappa shape index (κ1) is 14.6. The number of likely N-dealkylation sites (N-methyl/N-ethyl adjacent to an activating group) is 1. The highest BCUT2D eigenvalue weighted by molar-refractivity contribution is 5.95. The monoisotopic (exact) mass is 299 g/mol. The molecule has 1 fully saturated rings. The largest absolute Gasteiger partial charge is 0.388 e. The Bertz CT molecular complexity index is 663. The van der Waals surface area contributed by atoms with Gasteiger partial charge in [-0.15, -0.1) is 0 Å². The molecule has 22 heavy (non-hydrogen) atoms. The summed E-state index contributed by atoms with van der Waals surface area (Å²) in [5.74, 6) is -0.195. The Balaban J connectivity index is 1.84. The highest BCUT2D eigenvalue weighted by Gasteiger charge is 2.32. The standard InChI is InChI=1S/C16H17N3O3/c1-19(14-9-22-10-15(14)20)16(21)12-6-11(7-17-8-12)13-4-2-3-5-18-13/h2-8,14-15,20H,9-10H2,1H3/t14-,15-/m1/s1. The van der Waals surface area contributed by atoms with E-state index in [1.807, 2.05) is 18.2 Å². The average Bonchev–Trinajstić information content (AvgIpc) is 3.00. The lowest BCUT2D eigenvalue weighted by atomic mass is 10.1. The van der Waals surface area contributed by atoms with Crippen molar-refractivity contribution in [3.8, 4) is 11.3 Å². The SMILES string of the molecule is CN(C(=O)c1cncc(-c2ccccn2)c1)[C@@H]1COC[C@H]1O. The molecule has 0 saturated carbocycles. The van der Waals surface area contributed by atoms with E-state index >= 15 is 0 Å². The van der Waals surface area contributed by atoms with E-state index in [2.05, 4.69) is 9.97 Å². The van der Waals surface area contributed by atoms with Crippen LogP contribution in [-0.4, -0.2) is 58.3 Å². The minimum absolute atomic E-state index is 0.195. The van der Waals surface area contributed by atoms with E-state index in [-0.39, 0.29) is 18.6 Å². The molecule has 3 rings (SSSR count). The summed E-state index contributed by atoms with van der Waals surface area (Å²) in [5, 5.41) is 9.84. The van der Waals surface area contributed by atoms with Gasteiger partial charge in [0.25, 0.3) is 5.91 Å². The van der Waals surface area contributed by atoms with Crippen molar-refractivity contribution in [3.05, 3.63) is 48.4 Å². The van der Waals surface area contributed by atoms with Crippen LogP contribution in [0.15, 0.2) is 42.9 Å². The van der Waals surface area contributed by atoms with E-state index < -0.39 is 6.10 Å². The number of rotatable bonds is 3. The molecule has 0 aliphatic carbocycles. The first-order valence-electron chi connectivity index (χ1n) is 7.06. The van der Waals surface area contributed by atoms with Crippen LogP contribution in [0.5, 0.6) is 0 Å². The van der Waals surface area contributed by atoms with Gasteiger partial charge < -0.3 is 14.7 Å². The number of hydrogen-bond acceptors (Lipinski definition) is 5. The third-order valence-corrected chi connectivity index (χ3v) is 3.79. The Morgan fingerprint density at radius 3 is 2.91 bits per heavy atom. The van der Waals surface area contributed by atoms with Crippen LogP contribution in [0.2, 0.25) is 0 Å². The molecule has 1 amide bonds. The van der Waals surface area contributed by atoms with Crippen molar-refractivity contribution in [2.45, 2.75) is 12.1 Å². The van der Waals surface area contributed by atoms with Gasteiger partial charge in [0.1, 0.15) is 0 Å². The maximum Gasteiger partial charge on any atom is 0.255 e. The van der Waals surface area contributed by atoms with Crippen LogP contribution in [0.25, 0.3) is 11.3 Å². The molecule has 0 aromatic carbocycles. The molecule has 0 spiro atoms. The summed E-state index contributed by atoms with van der Waals surface area (Å²) < 4.78 is 5.20. The predicted octanol–water partition coefficient (Wildman–Crippen LogP) is 0.975. The predicted molar refractivity (Wildman–Crippen MR) is 80.2 cm³/mol. The van der Waals surface area contributed by atoms with Crippen molar-refractivity contribution in [1.82, 2.24) is 14.9 Å². The third-order valence-electron chi connectivity index (χ3n) is 3.79. The first-order chi connectivity index (χ1) is 10.7. The highest BCUT2D eigenvalue weighted by Crippen LogP contribution is 2.19. The molecular formula is C16H17N3O3. The number of carbonyl (C=O) groups excluding carboxylic acids is 1. The highest BCUT2D eigenvalue weighted by atomic mass is 16.5. The molecule has 6 heteroatoms. The maximum atomic E-state index is 12.6. The zero-order valence-corrected chi connectivity index (χ0v) is 12.2. The second-order valence-corrected chi connectivity index (χ2v) is 5.27. The molecule has 2 aromatic rings. The molecule has 114 valence electrons. The summed E-state index contributed by atoms with van der Waals surface area (Å²) >= 11 is 0. The molecular weight excluding hydrogens is 282 g/mol. The van der Waals surface area contributed by atoms with Gasteiger partial charge >= 0.3 is 0 Å². The fraction of sp³-hybridized carbons (Fsp3) is 0.312. The minimum atomic E-state index is -0.652. The summed E-state index contributed by atoms with van der Waals surface area (Å²) in [6, 6.07) is 7.02. The molecule has 1 aliphatic rings. The van der Waals surface area contributed by atoms with Crippen LogP contribution in [0.1, 0.15) is 10.4 Å². The van der Waals surface area contributed by atoms with E-state index in [0.29, 0.717) is 12.2 Å². The summed E-state index contributed by atoms with van der Waals surface area (Å²) in [5.41, 5.74) is 2.00. The van der Waals surface area contributed by atoms with Gasteiger partial charge in [-0.3, -0.25) is 14.8 Å². The topological polar surface area (TPSA) is 75.6 Å². The Hall–Kier alpha value is -2.31. The lowest BCUT2D eigenvalue weighted by Crippen LogP contribution is -2.44. The summed E-state index contributed by atoms with van der Waals surface area (Å²) in [6.45, 7) is 0.602. The van der Waals surface area contributed by atoms with Crippen LogP contribution in [0.4, 0.5) is 0 Å². The van der Waals surface area contributed by atoms with Gasteiger partial charge in [0.15, 0.2) is 0 Å². The van der Waals surface area contributed by atoms with Crippen LogP contribution >= 0.6 is 0 Å². The van der Waals surface area contributed by atoms with Crippen molar-refractivity contribution in [3.63, 3.8) is 0 Å². The van der Waals surface area contributed by atoms with Crippen molar-refractivity contribution in [2.24, 2.45) is 0 Å². The second kappa shape index (κ2) is 6.21. The summed E-state index contributed by atoms with van der Waals surface area (Å²) in [7, 11) is 1.67. The van der Waals surface area contributed by atoms with Crippen molar-refractivity contribution in [2.75, 3.05) is 20.3 Å². The Morgan fingerprint density at radius 1 is 1.36 bits per heavy atom. The molecule has 2 aromatic heterocycles. The number of aromatic nitrogens is 2. The van der Waals surface area contributed by atoms with E-state index in [9.17, 15) is 9.90 Å². The quantitative estimate of drug-likeness (QED) is 0.914. The number of amides is 1. The van der Waals surface area contributed by atoms with Gasteiger partial charge in [-0.2, -0.15) is 0 Å². The van der Waals surface area contributed by atoms with Crippen molar-refractivity contribution in [1.29, 1.82) is 0 Å². The maximum absolute atomic E-state index is 12.6. The zero-order chi connectivity index (χ0) is 15.5. The number of carbonyl (C=O) groups is 1. The molecule has 3 heterocycles. The second-order valence-electron chi connectivity index (χ2n) is 5.27. The molecule has 0 radical (unpaired) electrons. The fourth-order valence-electron chi connectivity index (χ4n) is 2.49. The van der Waals surface area contributed by atoms with Crippen LogP contribution in [0, 0.1) is 0 Å². The summed E-state index contributed by atoms with van der Waals surface area (Å²) in [4.78, 5) is 22.5. The van der Waals surface area contributed by atoms with Gasteiger partial charge in [-0.1, -0.05) is 6.07 Å². The van der Waals surface area contributed by atoms with Gasteiger partial charge in [0.2, 0.25) is 0 Å². The van der Waals surface area contributed by atoms with Crippen LogP contribution in [-0.2, 0) is 4.74 Å². The van der Waals surface area contributed by atoms with Gasteiger partial charge in [0, 0.05) is 31.2 Å². The number of aliphatic hydroxyl groups is 1. The molecule has 1 N–H and O–H groups in total. The van der Waals surface area contributed by atoms with Gasteiger partial charge in [0.05, 0.1) is 36.6 Å². The molecule has 6 nitrogen and oxygen atoms in total. The number of pyridine rings is 2. The van der Waals surface area contributed by atoms with Crippen molar-refractivity contribution >= 4 is 5.91 Å². The Morgan fingerprint density at radius 2 is 2.23 bits per heavy atom. The molecule has 0 unspecified atom stereocenters. The van der Waals surface area contributed by atoms with E-state index in [0.717, 1.165) is 11.3 Å². The average molecular weight is 299 g/mol. The first-order valence-corrected chi connectivity index (χ1v) is 7.06. The molecule has 1 saturated heterocycles. The lowest BCUT2D eigenvalue weighted by Gasteiger charge is -2.25. The van der Waals surface area contributed by atoms with Crippen molar-refractivity contribution < 1.29 is 14.6 Å². The lowest BCUT2D eigenvalue weighted by molar-refractivity contribution is 0.0581. The Kier molecular flexibility index (Phi) is 4.13. The number of nitrogens with zero attached hydrogens (tertiary/aromatic N) is 3. The number of hydrogen-bond donors (Lipinski definition) is 1. The molecule has 2 atom stereocenters. The van der Waals surface area contributed by atoms with E-state index in [4.69, 9.17) is 4.74 Å². The van der Waals surface area contributed by atoms with E-state index in [1.165, 1.54) is 11.1 Å². The molecule has 1 aliphatic heterocycles. The third kappa shape index (κ3) is 2.84. The minimum Gasteiger partial charge on any atom is -0.388 e. The normalized spacial score (nSPS) is 20.8.